The quantitative estimate of drug-likeness (QED) is 0.466. The molecule has 0 radical (unpaired) electrons. The molecule has 3 atom stereocenters. The number of Topliss-reactive ketones (excluding diaryl/α,β-unsaturated/α-hetero) is 1. The minimum atomic E-state index is -0.411. The molecule has 3 unspecified atom stereocenters. The van der Waals surface area contributed by atoms with E-state index in [-0.39, 0.29) is 35.6 Å². The van der Waals surface area contributed by atoms with Gasteiger partial charge in [-0.3, -0.25) is 9.59 Å². The molecule has 4 rings (SSSR count). The molecule has 0 saturated heterocycles. The van der Waals surface area contributed by atoms with E-state index in [4.69, 9.17) is 14.2 Å². The first-order chi connectivity index (χ1) is 16.0. The van der Waals surface area contributed by atoms with Gasteiger partial charge < -0.3 is 19.1 Å². The summed E-state index contributed by atoms with van der Waals surface area (Å²) in [4.78, 5) is 28.9. The summed E-state index contributed by atoms with van der Waals surface area (Å²) in [6.07, 6.45) is 6.56. The molecule has 0 aromatic heterocycles. The number of amides is 1. The Labute approximate surface area is 197 Å². The molecule has 0 bridgehead atoms. The lowest BCUT2D eigenvalue weighted by atomic mass is 9.77. The van der Waals surface area contributed by atoms with E-state index in [2.05, 4.69) is 6.92 Å². The van der Waals surface area contributed by atoms with Gasteiger partial charge in [-0.05, 0) is 63.6 Å². The zero-order valence-corrected chi connectivity index (χ0v) is 20.2. The van der Waals surface area contributed by atoms with Crippen LogP contribution >= 0.6 is 0 Å². The standard InChI is InChI=1S/C27H37NO5/c1-4-5-16-32-20-13-11-19(12-14-20)24-23-25(29)21-9-6-7-10-22(21)33-26(23)27(30)28(24)15-8-17-31-18(2)3/h11-14,18,21-22,24H,4-10,15-17H2,1-3H3. The van der Waals surface area contributed by atoms with Crippen LogP contribution in [-0.4, -0.2) is 48.6 Å². The van der Waals surface area contributed by atoms with Crippen LogP contribution in [0.2, 0.25) is 0 Å². The Morgan fingerprint density at radius 3 is 2.55 bits per heavy atom. The molecule has 6 heteroatoms. The third kappa shape index (κ3) is 5.11. The van der Waals surface area contributed by atoms with Gasteiger partial charge in [0.15, 0.2) is 11.5 Å². The summed E-state index contributed by atoms with van der Waals surface area (Å²) in [6.45, 7) is 7.91. The highest BCUT2D eigenvalue weighted by molar-refractivity contribution is 6.11. The summed E-state index contributed by atoms with van der Waals surface area (Å²) in [5.74, 6) is 0.889. The van der Waals surface area contributed by atoms with Crippen molar-refractivity contribution in [2.24, 2.45) is 5.92 Å². The minimum Gasteiger partial charge on any atom is -0.494 e. The fourth-order valence-corrected chi connectivity index (χ4v) is 5.10. The lowest BCUT2D eigenvalue weighted by Crippen LogP contribution is -2.39. The molecular weight excluding hydrogens is 418 g/mol. The molecule has 1 amide bonds. The molecule has 0 spiro atoms. The maximum Gasteiger partial charge on any atom is 0.290 e. The van der Waals surface area contributed by atoms with Gasteiger partial charge in [-0.15, -0.1) is 0 Å². The number of hydrogen-bond acceptors (Lipinski definition) is 5. The van der Waals surface area contributed by atoms with Crippen molar-refractivity contribution in [3.63, 3.8) is 0 Å². The molecule has 1 saturated carbocycles. The van der Waals surface area contributed by atoms with Crippen LogP contribution in [0.3, 0.4) is 0 Å². The fraction of sp³-hybridized carbons (Fsp3) is 0.630. The lowest BCUT2D eigenvalue weighted by Gasteiger charge is -2.35. The summed E-state index contributed by atoms with van der Waals surface area (Å²) >= 11 is 0. The van der Waals surface area contributed by atoms with E-state index in [0.717, 1.165) is 49.8 Å². The zero-order valence-electron chi connectivity index (χ0n) is 20.2. The number of carbonyl (C=O) groups excluding carboxylic acids is 2. The minimum absolute atomic E-state index is 0.100. The summed E-state index contributed by atoms with van der Waals surface area (Å²) in [5, 5.41) is 0. The largest absolute Gasteiger partial charge is 0.494 e. The van der Waals surface area contributed by atoms with Crippen molar-refractivity contribution in [1.82, 2.24) is 4.90 Å². The van der Waals surface area contributed by atoms with Gasteiger partial charge in [0.1, 0.15) is 11.9 Å². The smallest absolute Gasteiger partial charge is 0.290 e. The number of benzene rings is 1. The van der Waals surface area contributed by atoms with Crippen molar-refractivity contribution >= 4 is 11.7 Å². The molecule has 0 N–H and O–H groups in total. The number of carbonyl (C=O) groups is 2. The van der Waals surface area contributed by atoms with E-state index in [1.807, 2.05) is 38.1 Å². The molecular formula is C27H37NO5. The van der Waals surface area contributed by atoms with Crippen LogP contribution in [0.5, 0.6) is 5.75 Å². The van der Waals surface area contributed by atoms with Crippen molar-refractivity contribution < 1.29 is 23.8 Å². The second kappa shape index (κ2) is 10.7. The normalized spacial score (nSPS) is 24.7. The van der Waals surface area contributed by atoms with Crippen LogP contribution in [0.15, 0.2) is 35.6 Å². The van der Waals surface area contributed by atoms with Crippen molar-refractivity contribution in [2.45, 2.75) is 84.0 Å². The van der Waals surface area contributed by atoms with Crippen LogP contribution in [0.4, 0.5) is 0 Å². The number of ether oxygens (including phenoxy) is 3. The van der Waals surface area contributed by atoms with Crippen molar-refractivity contribution in [1.29, 1.82) is 0 Å². The van der Waals surface area contributed by atoms with Crippen LogP contribution in [-0.2, 0) is 19.1 Å². The summed E-state index contributed by atoms with van der Waals surface area (Å²) in [7, 11) is 0. The average Bonchev–Trinajstić information content (AvgIpc) is 3.09. The molecule has 1 fully saturated rings. The van der Waals surface area contributed by atoms with Gasteiger partial charge in [-0.1, -0.05) is 31.9 Å². The predicted molar refractivity (Wildman–Crippen MR) is 126 cm³/mol. The first-order valence-corrected chi connectivity index (χ1v) is 12.6. The van der Waals surface area contributed by atoms with Crippen LogP contribution in [0, 0.1) is 5.92 Å². The van der Waals surface area contributed by atoms with Crippen molar-refractivity contribution in [3.05, 3.63) is 41.2 Å². The van der Waals surface area contributed by atoms with Crippen LogP contribution in [0.1, 0.15) is 77.3 Å². The number of nitrogens with zero attached hydrogens (tertiary/aromatic N) is 1. The highest BCUT2D eigenvalue weighted by Crippen LogP contribution is 2.46. The van der Waals surface area contributed by atoms with Gasteiger partial charge in [0.25, 0.3) is 5.91 Å². The Morgan fingerprint density at radius 2 is 1.82 bits per heavy atom. The van der Waals surface area contributed by atoms with Crippen molar-refractivity contribution in [2.75, 3.05) is 19.8 Å². The first-order valence-electron chi connectivity index (χ1n) is 12.6. The lowest BCUT2D eigenvalue weighted by molar-refractivity contribution is -0.135. The highest BCUT2D eigenvalue weighted by Gasteiger charge is 2.51. The van der Waals surface area contributed by atoms with E-state index in [0.29, 0.717) is 31.8 Å². The molecule has 33 heavy (non-hydrogen) atoms. The van der Waals surface area contributed by atoms with Gasteiger partial charge >= 0.3 is 0 Å². The molecule has 1 aromatic rings. The van der Waals surface area contributed by atoms with Crippen molar-refractivity contribution in [3.8, 4) is 5.75 Å². The second-order valence-electron chi connectivity index (χ2n) is 9.60. The Bertz CT molecular complexity index is 875. The molecule has 6 nitrogen and oxygen atoms in total. The third-order valence-corrected chi connectivity index (χ3v) is 6.82. The van der Waals surface area contributed by atoms with E-state index in [9.17, 15) is 9.59 Å². The first kappa shape index (κ1) is 23.8. The number of fused-ring (bicyclic) bond motifs is 1. The predicted octanol–water partition coefficient (Wildman–Crippen LogP) is 4.98. The Kier molecular flexibility index (Phi) is 7.74. The second-order valence-corrected chi connectivity index (χ2v) is 9.60. The molecule has 1 aromatic carbocycles. The summed E-state index contributed by atoms with van der Waals surface area (Å²) < 4.78 is 17.7. The monoisotopic (exact) mass is 455 g/mol. The van der Waals surface area contributed by atoms with E-state index < -0.39 is 6.04 Å². The SMILES string of the molecule is CCCCOc1ccc(C2C3=C(OC4CCCCC4C3=O)C(=O)N2CCCOC(C)C)cc1. The zero-order chi connectivity index (χ0) is 23.4. The maximum absolute atomic E-state index is 13.6. The fourth-order valence-electron chi connectivity index (χ4n) is 5.10. The third-order valence-electron chi connectivity index (χ3n) is 6.82. The summed E-state index contributed by atoms with van der Waals surface area (Å²) in [6, 6.07) is 7.42. The topological polar surface area (TPSA) is 65.1 Å². The van der Waals surface area contributed by atoms with E-state index >= 15 is 0 Å². The van der Waals surface area contributed by atoms with Crippen LogP contribution < -0.4 is 4.74 Å². The Morgan fingerprint density at radius 1 is 1.06 bits per heavy atom. The number of ketones is 1. The molecule has 3 aliphatic rings. The van der Waals surface area contributed by atoms with Crippen LogP contribution in [0.25, 0.3) is 0 Å². The average molecular weight is 456 g/mol. The summed E-state index contributed by atoms with van der Waals surface area (Å²) in [5.41, 5.74) is 1.47. The van der Waals surface area contributed by atoms with Gasteiger partial charge in [-0.2, -0.15) is 0 Å². The molecule has 180 valence electrons. The molecule has 1 aliphatic carbocycles. The maximum atomic E-state index is 13.6. The molecule has 2 heterocycles. The van der Waals surface area contributed by atoms with E-state index in [1.54, 1.807) is 4.90 Å². The van der Waals surface area contributed by atoms with Gasteiger partial charge in [0.2, 0.25) is 0 Å². The molecule has 2 aliphatic heterocycles. The van der Waals surface area contributed by atoms with E-state index in [1.165, 1.54) is 0 Å². The number of unbranched alkanes of at least 4 members (excludes halogenated alkanes) is 1. The van der Waals surface area contributed by atoms with Gasteiger partial charge in [-0.25, -0.2) is 0 Å². The van der Waals surface area contributed by atoms with Gasteiger partial charge in [0.05, 0.1) is 30.2 Å². The van der Waals surface area contributed by atoms with Gasteiger partial charge in [0, 0.05) is 13.2 Å². The number of hydrogen-bond donors (Lipinski definition) is 0. The Hall–Kier alpha value is -2.34. The highest BCUT2D eigenvalue weighted by atomic mass is 16.5. The Balaban J connectivity index is 1.59. The number of rotatable bonds is 10.